The Hall–Kier alpha value is -0.160. The molecule has 0 aliphatic carbocycles. The van der Waals surface area contributed by atoms with Gasteiger partial charge >= 0.3 is 0 Å². The van der Waals surface area contributed by atoms with E-state index in [1.54, 1.807) is 0 Å². The van der Waals surface area contributed by atoms with E-state index < -0.39 is 0 Å². The Bertz CT molecular complexity index is 345. The molecule has 34 heavy (non-hydrogen) atoms. The molecule has 0 saturated carbocycles. The number of hydrogen-bond donors (Lipinski definition) is 0. The van der Waals surface area contributed by atoms with Crippen LogP contribution in [0.2, 0.25) is 0 Å². The molecule has 0 N–H and O–H groups in total. The maximum absolute atomic E-state index is 5.47. The zero-order chi connectivity index (χ0) is 27.2. The zero-order valence-corrected chi connectivity index (χ0v) is 26.0. The average molecular weight is 495 g/mol. The molecule has 0 aliphatic heterocycles. The van der Waals surface area contributed by atoms with Crippen molar-refractivity contribution >= 4 is 0 Å². The summed E-state index contributed by atoms with van der Waals surface area (Å²) in [7, 11) is 0. The first-order chi connectivity index (χ1) is 14.7. The molecule has 0 heterocycles. The predicted octanol–water partition coefficient (Wildman–Crippen LogP) is 9.87. The lowest BCUT2D eigenvalue weighted by Gasteiger charge is -2.18. The third kappa shape index (κ3) is 69.7. The van der Waals surface area contributed by atoms with Crippen molar-refractivity contribution in [3.8, 4) is 0 Å². The molecule has 0 aromatic rings. The van der Waals surface area contributed by atoms with Gasteiger partial charge in [0.2, 0.25) is 0 Å². The highest BCUT2D eigenvalue weighted by atomic mass is 16.5. The summed E-state index contributed by atoms with van der Waals surface area (Å²) in [6, 6.07) is 0. The zero-order valence-electron chi connectivity index (χ0n) is 26.0. The van der Waals surface area contributed by atoms with Crippen molar-refractivity contribution in [2.24, 2.45) is 0 Å². The summed E-state index contributed by atoms with van der Waals surface area (Å²) in [4.78, 5) is 0. The Labute approximate surface area is 218 Å². The highest BCUT2D eigenvalue weighted by molar-refractivity contribution is 4.59. The van der Waals surface area contributed by atoms with Gasteiger partial charge in [0.05, 0.1) is 22.4 Å². The van der Waals surface area contributed by atoms with Crippen molar-refractivity contribution < 1.29 is 18.9 Å². The van der Waals surface area contributed by atoms with E-state index in [0.29, 0.717) is 0 Å². The fraction of sp³-hybridized carbons (Fsp3) is 1.00. The molecule has 0 fully saturated rings. The topological polar surface area (TPSA) is 36.9 Å². The largest absolute Gasteiger partial charge is 0.376 e. The van der Waals surface area contributed by atoms with Crippen LogP contribution in [-0.2, 0) is 18.9 Å². The average Bonchev–Trinajstić information content (AvgIpc) is 2.58. The molecule has 4 nitrogen and oxygen atoms in total. The van der Waals surface area contributed by atoms with Gasteiger partial charge in [0.1, 0.15) is 0 Å². The van der Waals surface area contributed by atoms with Crippen molar-refractivity contribution in [1.29, 1.82) is 0 Å². The lowest BCUT2D eigenvalue weighted by atomic mass is 10.2. The van der Waals surface area contributed by atoms with Gasteiger partial charge < -0.3 is 18.9 Å². The van der Waals surface area contributed by atoms with Crippen LogP contribution in [-0.4, -0.2) is 48.8 Å². The van der Waals surface area contributed by atoms with Crippen LogP contribution in [0.3, 0.4) is 0 Å². The van der Waals surface area contributed by atoms with Crippen molar-refractivity contribution in [3.63, 3.8) is 0 Å². The Morgan fingerprint density at radius 1 is 0.382 bits per heavy atom. The minimum absolute atomic E-state index is 0. The van der Waals surface area contributed by atoms with Gasteiger partial charge in [0, 0.05) is 26.4 Å². The Morgan fingerprint density at radius 3 is 0.765 bits per heavy atom. The van der Waals surface area contributed by atoms with E-state index in [1.165, 1.54) is 25.7 Å². The molecule has 0 bridgehead atoms. The molecule has 214 valence electrons. The summed E-state index contributed by atoms with van der Waals surface area (Å²) in [6.45, 7) is 36.8. The van der Waals surface area contributed by atoms with E-state index in [4.69, 9.17) is 18.9 Å². The number of hydrogen-bond acceptors (Lipinski definition) is 4. The molecule has 0 unspecified atom stereocenters. The molecule has 0 rings (SSSR count). The summed E-state index contributed by atoms with van der Waals surface area (Å²) in [5.41, 5.74) is 0.203. The molecule has 0 radical (unpaired) electrons. The molecule has 0 saturated heterocycles. The van der Waals surface area contributed by atoms with Crippen LogP contribution >= 0.6 is 0 Å². The molecular formula is C30H70O4. The highest BCUT2D eigenvalue weighted by Gasteiger charge is 2.09. The lowest BCUT2D eigenvalue weighted by molar-refractivity contribution is -0.00452. The molecule has 0 aromatic carbocycles. The molecule has 4 heteroatoms. The van der Waals surface area contributed by atoms with Crippen LogP contribution < -0.4 is 0 Å². The second-order valence-electron chi connectivity index (χ2n) is 12.1. The fourth-order valence-corrected chi connectivity index (χ4v) is 1.89. The second kappa shape index (κ2) is 24.5. The van der Waals surface area contributed by atoms with Gasteiger partial charge in [0.15, 0.2) is 0 Å². The third-order valence-electron chi connectivity index (χ3n) is 3.38. The normalized spacial score (nSPS) is 11.6. The maximum Gasteiger partial charge on any atom is 0.0598 e. The molecule has 0 atom stereocenters. The molecule has 0 amide bonds. The highest BCUT2D eigenvalue weighted by Crippen LogP contribution is 2.08. The quantitative estimate of drug-likeness (QED) is 0.299. The predicted molar refractivity (Wildman–Crippen MR) is 155 cm³/mol. The van der Waals surface area contributed by atoms with Gasteiger partial charge in [-0.3, -0.25) is 0 Å². The maximum atomic E-state index is 5.47. The Balaban J connectivity index is -0.000000109. The van der Waals surface area contributed by atoms with Crippen LogP contribution in [0.25, 0.3) is 0 Å². The van der Waals surface area contributed by atoms with Crippen LogP contribution in [0.4, 0.5) is 0 Å². The SMILES string of the molecule is C.CCCCOC(C)(C)C.CCCCOC(C)(C)C.CCCOC(C)(C)C.CCOC(C)(C)C. The van der Waals surface area contributed by atoms with Crippen molar-refractivity contribution in [1.82, 2.24) is 0 Å². The van der Waals surface area contributed by atoms with Crippen LogP contribution in [0.5, 0.6) is 0 Å². The van der Waals surface area contributed by atoms with Crippen molar-refractivity contribution in [2.75, 3.05) is 26.4 Å². The van der Waals surface area contributed by atoms with E-state index in [2.05, 4.69) is 104 Å². The van der Waals surface area contributed by atoms with Crippen molar-refractivity contribution in [2.45, 2.75) is 173 Å². The Kier molecular flexibility index (Phi) is 31.7. The first-order valence-corrected chi connectivity index (χ1v) is 13.3. The Morgan fingerprint density at radius 2 is 0.647 bits per heavy atom. The van der Waals surface area contributed by atoms with Crippen LogP contribution in [0.15, 0.2) is 0 Å². The second-order valence-corrected chi connectivity index (χ2v) is 12.1. The number of unbranched alkanes of at least 4 members (excludes halogenated alkanes) is 2. The van der Waals surface area contributed by atoms with Gasteiger partial charge in [0.25, 0.3) is 0 Å². The fourth-order valence-electron chi connectivity index (χ4n) is 1.89. The lowest BCUT2D eigenvalue weighted by Crippen LogP contribution is -2.19. The minimum atomic E-state index is 0. The van der Waals surface area contributed by atoms with Gasteiger partial charge in [-0.25, -0.2) is 0 Å². The van der Waals surface area contributed by atoms with E-state index >= 15 is 0 Å². The first-order valence-electron chi connectivity index (χ1n) is 13.3. The minimum Gasteiger partial charge on any atom is -0.376 e. The monoisotopic (exact) mass is 495 g/mol. The third-order valence-corrected chi connectivity index (χ3v) is 3.38. The van der Waals surface area contributed by atoms with Crippen LogP contribution in [0, 0.1) is 0 Å². The van der Waals surface area contributed by atoms with Crippen molar-refractivity contribution in [3.05, 3.63) is 0 Å². The first kappa shape index (κ1) is 43.9. The van der Waals surface area contributed by atoms with Crippen LogP contribution in [0.1, 0.15) is 150 Å². The summed E-state index contributed by atoms with van der Waals surface area (Å²) in [5, 5.41) is 0. The van der Waals surface area contributed by atoms with E-state index in [1.807, 2.05) is 6.92 Å². The molecule has 0 aromatic heterocycles. The summed E-state index contributed by atoms with van der Waals surface area (Å²) >= 11 is 0. The van der Waals surface area contributed by atoms with E-state index in [0.717, 1.165) is 32.8 Å². The number of ether oxygens (including phenoxy) is 4. The molecule has 0 aliphatic rings. The summed E-state index contributed by atoms with van der Waals surface area (Å²) < 4.78 is 21.5. The van der Waals surface area contributed by atoms with E-state index in [-0.39, 0.29) is 29.8 Å². The molecular weight excluding hydrogens is 424 g/mol. The van der Waals surface area contributed by atoms with Gasteiger partial charge in [-0.2, -0.15) is 0 Å². The van der Waals surface area contributed by atoms with Gasteiger partial charge in [-0.05, 0) is 109 Å². The smallest absolute Gasteiger partial charge is 0.0598 e. The standard InChI is InChI=1S/2C8H18O.C7H16O.C6H14O.CH4/c2*1-5-6-7-9-8(2,3)4;1-5-6-8-7(2,3)4;1-5-7-6(2,3)4;/h2*5-7H2,1-4H3;5-6H2,1-4H3;5H2,1-4H3;1H4. The van der Waals surface area contributed by atoms with E-state index in [9.17, 15) is 0 Å². The van der Waals surface area contributed by atoms with Gasteiger partial charge in [-0.1, -0.05) is 41.0 Å². The van der Waals surface area contributed by atoms with Gasteiger partial charge in [-0.15, -0.1) is 0 Å². The summed E-state index contributed by atoms with van der Waals surface area (Å²) in [5.74, 6) is 0. The number of rotatable bonds is 9. The molecule has 0 spiro atoms. The summed E-state index contributed by atoms with van der Waals surface area (Å²) in [6.07, 6.45) is 5.90.